The van der Waals surface area contributed by atoms with Gasteiger partial charge in [-0.1, -0.05) is 34.1 Å². The Labute approximate surface area is 84.5 Å². The predicted molar refractivity (Wildman–Crippen MR) is 61.1 cm³/mol. The molecule has 80 valence electrons. The van der Waals surface area contributed by atoms with E-state index in [4.69, 9.17) is 0 Å². The van der Waals surface area contributed by atoms with E-state index in [9.17, 15) is 0 Å². The van der Waals surface area contributed by atoms with Crippen LogP contribution in [0.15, 0.2) is 0 Å². The number of rotatable bonds is 6. The molecule has 1 atom stereocenters. The van der Waals surface area contributed by atoms with Gasteiger partial charge in [0.25, 0.3) is 0 Å². The van der Waals surface area contributed by atoms with Gasteiger partial charge in [-0.15, -0.1) is 0 Å². The first kappa shape index (κ1) is 13.0. The van der Waals surface area contributed by atoms with Crippen molar-refractivity contribution in [3.8, 4) is 0 Å². The molecule has 0 saturated heterocycles. The predicted octanol–water partition coefficient (Wildman–Crippen LogP) is 3.54. The molecule has 0 fully saturated rings. The van der Waals surface area contributed by atoms with Crippen LogP contribution in [-0.4, -0.2) is 24.5 Å². The van der Waals surface area contributed by atoms with E-state index in [0.717, 1.165) is 6.04 Å². The maximum Gasteiger partial charge on any atom is 0.00612 e. The van der Waals surface area contributed by atoms with Crippen LogP contribution in [0.1, 0.15) is 53.9 Å². The van der Waals surface area contributed by atoms with Gasteiger partial charge in [-0.05, 0) is 38.8 Å². The Morgan fingerprint density at radius 1 is 1.23 bits per heavy atom. The molecule has 0 amide bonds. The molecule has 0 bridgehead atoms. The van der Waals surface area contributed by atoms with Crippen LogP contribution in [0, 0.1) is 5.41 Å². The van der Waals surface area contributed by atoms with Crippen LogP contribution in [0.3, 0.4) is 0 Å². The van der Waals surface area contributed by atoms with Gasteiger partial charge in [0.1, 0.15) is 0 Å². The van der Waals surface area contributed by atoms with Crippen LogP contribution in [0.25, 0.3) is 0 Å². The van der Waals surface area contributed by atoms with E-state index in [-0.39, 0.29) is 0 Å². The molecule has 0 aromatic heterocycles. The van der Waals surface area contributed by atoms with E-state index in [1.165, 1.54) is 25.8 Å². The van der Waals surface area contributed by atoms with E-state index in [0.29, 0.717) is 5.41 Å². The van der Waals surface area contributed by atoms with Crippen molar-refractivity contribution in [1.82, 2.24) is 4.90 Å². The lowest BCUT2D eigenvalue weighted by Gasteiger charge is -2.29. The minimum atomic E-state index is 0.516. The first-order valence-corrected chi connectivity index (χ1v) is 5.63. The van der Waals surface area contributed by atoms with Crippen LogP contribution in [0.4, 0.5) is 0 Å². The van der Waals surface area contributed by atoms with E-state index in [1.54, 1.807) is 0 Å². The normalized spacial score (nSPS) is 15.0. The van der Waals surface area contributed by atoms with Crippen LogP contribution in [-0.2, 0) is 0 Å². The Bertz CT molecular complexity index is 129. The first-order chi connectivity index (χ1) is 5.93. The molecule has 0 aliphatic rings. The Kier molecular flexibility index (Phi) is 5.62. The lowest BCUT2D eigenvalue weighted by molar-refractivity contribution is 0.201. The van der Waals surface area contributed by atoms with Gasteiger partial charge in [0.2, 0.25) is 0 Å². The van der Waals surface area contributed by atoms with E-state index in [2.05, 4.69) is 46.6 Å². The Balaban J connectivity index is 3.75. The average Bonchev–Trinajstić information content (AvgIpc) is 2.13. The summed E-state index contributed by atoms with van der Waals surface area (Å²) in [7, 11) is 2.24. The Morgan fingerprint density at radius 2 is 1.77 bits per heavy atom. The zero-order chi connectivity index (χ0) is 10.5. The van der Waals surface area contributed by atoms with Crippen molar-refractivity contribution in [2.75, 3.05) is 13.6 Å². The van der Waals surface area contributed by atoms with Crippen molar-refractivity contribution in [2.45, 2.75) is 59.9 Å². The molecule has 1 heteroatoms. The third-order valence-corrected chi connectivity index (χ3v) is 3.44. The largest absolute Gasteiger partial charge is 0.304 e. The molecule has 0 rings (SSSR count). The van der Waals surface area contributed by atoms with E-state index >= 15 is 0 Å². The fraction of sp³-hybridized carbons (Fsp3) is 1.00. The molecule has 13 heavy (non-hydrogen) atoms. The standard InChI is InChI=1S/C12H27N/c1-7-11(3)13(6)10-9-12(4,5)8-2/h11H,7-10H2,1-6H3. The molecule has 0 N–H and O–H groups in total. The highest BCUT2D eigenvalue weighted by molar-refractivity contribution is 4.70. The second kappa shape index (κ2) is 5.64. The molecule has 0 heterocycles. The molecule has 0 aliphatic heterocycles. The van der Waals surface area contributed by atoms with Gasteiger partial charge >= 0.3 is 0 Å². The van der Waals surface area contributed by atoms with Crippen molar-refractivity contribution in [3.63, 3.8) is 0 Å². The van der Waals surface area contributed by atoms with E-state index in [1.807, 2.05) is 0 Å². The minimum absolute atomic E-state index is 0.516. The van der Waals surface area contributed by atoms with Crippen LogP contribution >= 0.6 is 0 Å². The molecular weight excluding hydrogens is 158 g/mol. The Morgan fingerprint density at radius 3 is 2.15 bits per heavy atom. The summed E-state index contributed by atoms with van der Waals surface area (Å²) in [4.78, 5) is 2.47. The summed E-state index contributed by atoms with van der Waals surface area (Å²) < 4.78 is 0. The SMILES string of the molecule is CCC(C)N(C)CCC(C)(C)CC. The minimum Gasteiger partial charge on any atom is -0.304 e. The summed E-state index contributed by atoms with van der Waals surface area (Å²) in [6.07, 6.45) is 3.84. The van der Waals surface area contributed by atoms with Gasteiger partial charge in [-0.3, -0.25) is 0 Å². The van der Waals surface area contributed by atoms with Gasteiger partial charge in [-0.25, -0.2) is 0 Å². The van der Waals surface area contributed by atoms with Crippen molar-refractivity contribution in [2.24, 2.45) is 5.41 Å². The highest BCUT2D eigenvalue weighted by Gasteiger charge is 2.16. The third kappa shape index (κ3) is 5.30. The van der Waals surface area contributed by atoms with Crippen molar-refractivity contribution < 1.29 is 0 Å². The van der Waals surface area contributed by atoms with Crippen molar-refractivity contribution in [1.29, 1.82) is 0 Å². The fourth-order valence-corrected chi connectivity index (χ4v) is 1.19. The highest BCUT2D eigenvalue weighted by Crippen LogP contribution is 2.24. The second-order valence-electron chi connectivity index (χ2n) is 5.01. The summed E-state index contributed by atoms with van der Waals surface area (Å²) >= 11 is 0. The molecule has 0 aromatic rings. The number of hydrogen-bond acceptors (Lipinski definition) is 1. The average molecular weight is 185 g/mol. The summed E-state index contributed by atoms with van der Waals surface area (Å²) in [5, 5.41) is 0. The molecule has 0 spiro atoms. The maximum atomic E-state index is 2.47. The lowest BCUT2D eigenvalue weighted by atomic mass is 9.86. The van der Waals surface area contributed by atoms with Crippen molar-refractivity contribution in [3.05, 3.63) is 0 Å². The van der Waals surface area contributed by atoms with E-state index < -0.39 is 0 Å². The molecule has 0 radical (unpaired) electrons. The molecule has 1 unspecified atom stereocenters. The van der Waals surface area contributed by atoms with Gasteiger partial charge in [0.15, 0.2) is 0 Å². The number of nitrogens with zero attached hydrogens (tertiary/aromatic N) is 1. The maximum absolute atomic E-state index is 2.47. The molecule has 1 nitrogen and oxygen atoms in total. The van der Waals surface area contributed by atoms with Gasteiger partial charge in [-0.2, -0.15) is 0 Å². The number of hydrogen-bond donors (Lipinski definition) is 0. The van der Waals surface area contributed by atoms with Crippen LogP contribution in [0.2, 0.25) is 0 Å². The fourth-order valence-electron chi connectivity index (χ4n) is 1.19. The highest BCUT2D eigenvalue weighted by atomic mass is 15.1. The Hall–Kier alpha value is -0.0400. The van der Waals surface area contributed by atoms with Gasteiger partial charge in [0.05, 0.1) is 0 Å². The van der Waals surface area contributed by atoms with Gasteiger partial charge < -0.3 is 4.90 Å². The zero-order valence-electron chi connectivity index (χ0n) is 10.4. The summed E-state index contributed by atoms with van der Waals surface area (Å²) in [6.45, 7) is 12.8. The molecule has 0 saturated carbocycles. The summed E-state index contributed by atoms with van der Waals surface area (Å²) in [5.74, 6) is 0. The monoisotopic (exact) mass is 185 g/mol. The lowest BCUT2D eigenvalue weighted by Crippen LogP contribution is -2.31. The summed E-state index contributed by atoms with van der Waals surface area (Å²) in [5.41, 5.74) is 0.516. The molecule has 0 aliphatic carbocycles. The smallest absolute Gasteiger partial charge is 0.00612 e. The summed E-state index contributed by atoms with van der Waals surface area (Å²) in [6, 6.07) is 0.729. The van der Waals surface area contributed by atoms with Gasteiger partial charge in [0, 0.05) is 6.04 Å². The van der Waals surface area contributed by atoms with Crippen LogP contribution < -0.4 is 0 Å². The topological polar surface area (TPSA) is 3.24 Å². The molecular formula is C12H27N. The zero-order valence-corrected chi connectivity index (χ0v) is 10.4. The first-order valence-electron chi connectivity index (χ1n) is 5.63. The quantitative estimate of drug-likeness (QED) is 0.612. The van der Waals surface area contributed by atoms with Crippen molar-refractivity contribution >= 4 is 0 Å². The third-order valence-electron chi connectivity index (χ3n) is 3.44. The second-order valence-corrected chi connectivity index (χ2v) is 5.01. The van der Waals surface area contributed by atoms with Crippen LogP contribution in [0.5, 0.6) is 0 Å². The molecule has 0 aromatic carbocycles.